The molecule has 1 fully saturated rings. The lowest BCUT2D eigenvalue weighted by molar-refractivity contribution is 0.00636. The molecule has 0 amide bonds. The number of hydrogen-bond donors (Lipinski definition) is 2. The summed E-state index contributed by atoms with van der Waals surface area (Å²) in [6, 6.07) is 1.88. The van der Waals surface area contributed by atoms with Gasteiger partial charge in [-0.05, 0) is 12.5 Å². The van der Waals surface area contributed by atoms with Crippen LogP contribution in [0.3, 0.4) is 0 Å². The lowest BCUT2D eigenvalue weighted by Gasteiger charge is -2.38. The van der Waals surface area contributed by atoms with Crippen LogP contribution in [0.5, 0.6) is 0 Å². The zero-order chi connectivity index (χ0) is 7.84. The summed E-state index contributed by atoms with van der Waals surface area (Å²) in [5, 5.41) is 13.3. The fourth-order valence-electron chi connectivity index (χ4n) is 1.48. The highest BCUT2D eigenvalue weighted by Crippen LogP contribution is 2.29. The molecular formula is C7H11N3O. The maximum Gasteiger partial charge on any atom is 0.0929 e. The Kier molecular flexibility index (Phi) is 1.44. The van der Waals surface area contributed by atoms with Crippen LogP contribution in [0, 0.1) is 0 Å². The minimum Gasteiger partial charge on any atom is -0.391 e. The van der Waals surface area contributed by atoms with E-state index in [1.807, 2.05) is 12.3 Å². The van der Waals surface area contributed by atoms with Crippen molar-refractivity contribution in [2.45, 2.75) is 24.6 Å². The molecule has 0 bridgehead atoms. The number of nitrogens with two attached hydrogens (primary N) is 1. The number of rotatable bonds is 1. The second-order valence-corrected chi connectivity index (χ2v) is 2.94. The summed E-state index contributed by atoms with van der Waals surface area (Å²) >= 11 is 0. The standard InChI is InChI=1S/C7H11N3O/c8-5-4-6(11)7(5)10-3-1-2-9-10/h1-3,5-7,11H,4,8H2/t5-,6-,7+/m1/s1. The van der Waals surface area contributed by atoms with Gasteiger partial charge in [-0.1, -0.05) is 0 Å². The van der Waals surface area contributed by atoms with Gasteiger partial charge in [-0.25, -0.2) is 0 Å². The van der Waals surface area contributed by atoms with E-state index in [1.54, 1.807) is 10.9 Å². The Hall–Kier alpha value is -0.870. The van der Waals surface area contributed by atoms with Crippen LogP contribution in [-0.4, -0.2) is 27.0 Å². The molecule has 0 saturated heterocycles. The molecule has 0 radical (unpaired) electrons. The third-order valence-corrected chi connectivity index (χ3v) is 2.18. The number of nitrogens with zero attached hydrogens (tertiary/aromatic N) is 2. The fraction of sp³-hybridized carbons (Fsp3) is 0.571. The monoisotopic (exact) mass is 153 g/mol. The third kappa shape index (κ3) is 0.948. The Morgan fingerprint density at radius 1 is 1.64 bits per heavy atom. The smallest absolute Gasteiger partial charge is 0.0929 e. The molecule has 4 heteroatoms. The molecule has 3 N–H and O–H groups in total. The van der Waals surface area contributed by atoms with Crippen molar-refractivity contribution in [1.82, 2.24) is 9.78 Å². The zero-order valence-electron chi connectivity index (χ0n) is 6.09. The number of hydrogen-bond acceptors (Lipinski definition) is 3. The van der Waals surface area contributed by atoms with Crippen LogP contribution in [0.1, 0.15) is 12.5 Å². The van der Waals surface area contributed by atoms with Gasteiger partial charge in [-0.2, -0.15) is 5.10 Å². The van der Waals surface area contributed by atoms with Crippen LogP contribution in [0.2, 0.25) is 0 Å². The summed E-state index contributed by atoms with van der Waals surface area (Å²) in [6.07, 6.45) is 3.89. The van der Waals surface area contributed by atoms with Gasteiger partial charge >= 0.3 is 0 Å². The summed E-state index contributed by atoms with van der Waals surface area (Å²) in [6.45, 7) is 0. The minimum absolute atomic E-state index is 0.00926. The molecule has 0 spiro atoms. The van der Waals surface area contributed by atoms with E-state index in [9.17, 15) is 5.11 Å². The summed E-state index contributed by atoms with van der Waals surface area (Å²) in [5.41, 5.74) is 5.68. The van der Waals surface area contributed by atoms with Gasteiger partial charge in [-0.15, -0.1) is 0 Å². The second kappa shape index (κ2) is 2.32. The van der Waals surface area contributed by atoms with Crippen LogP contribution in [-0.2, 0) is 0 Å². The van der Waals surface area contributed by atoms with E-state index in [2.05, 4.69) is 5.10 Å². The van der Waals surface area contributed by atoms with Crippen molar-refractivity contribution in [1.29, 1.82) is 0 Å². The highest BCUT2D eigenvalue weighted by molar-refractivity contribution is 4.98. The van der Waals surface area contributed by atoms with Crippen molar-refractivity contribution >= 4 is 0 Å². The Bertz CT molecular complexity index is 226. The molecule has 1 saturated carbocycles. The van der Waals surface area contributed by atoms with Crippen molar-refractivity contribution in [3.8, 4) is 0 Å². The number of aliphatic hydroxyl groups is 1. The van der Waals surface area contributed by atoms with Crippen LogP contribution in [0.15, 0.2) is 18.5 Å². The van der Waals surface area contributed by atoms with Crippen LogP contribution >= 0.6 is 0 Å². The molecule has 11 heavy (non-hydrogen) atoms. The predicted molar refractivity (Wildman–Crippen MR) is 39.9 cm³/mol. The highest BCUT2D eigenvalue weighted by atomic mass is 16.3. The van der Waals surface area contributed by atoms with Crippen molar-refractivity contribution in [2.75, 3.05) is 0 Å². The summed E-state index contributed by atoms with van der Waals surface area (Å²) in [5.74, 6) is 0. The Labute approximate surface area is 64.6 Å². The van der Waals surface area contributed by atoms with Gasteiger partial charge in [-0.3, -0.25) is 4.68 Å². The van der Waals surface area contributed by atoms with Gasteiger partial charge in [0, 0.05) is 18.4 Å². The van der Waals surface area contributed by atoms with Crippen molar-refractivity contribution in [3.05, 3.63) is 18.5 Å². The van der Waals surface area contributed by atoms with Gasteiger partial charge in [0.15, 0.2) is 0 Å². The number of aromatic nitrogens is 2. The van der Waals surface area contributed by atoms with Crippen molar-refractivity contribution < 1.29 is 5.11 Å². The molecule has 0 aromatic carbocycles. The molecule has 60 valence electrons. The predicted octanol–water partition coefficient (Wildman–Crippen LogP) is -0.484. The normalized spacial score (nSPS) is 36.7. The van der Waals surface area contributed by atoms with E-state index in [0.29, 0.717) is 6.42 Å². The van der Waals surface area contributed by atoms with E-state index >= 15 is 0 Å². The third-order valence-electron chi connectivity index (χ3n) is 2.18. The molecule has 1 aromatic heterocycles. The SMILES string of the molecule is N[C@@H]1C[C@@H](O)[C@H]1n1cccn1. The van der Waals surface area contributed by atoms with E-state index < -0.39 is 0 Å². The molecule has 4 nitrogen and oxygen atoms in total. The second-order valence-electron chi connectivity index (χ2n) is 2.94. The lowest BCUT2D eigenvalue weighted by atomic mass is 9.84. The van der Waals surface area contributed by atoms with E-state index in [1.165, 1.54) is 0 Å². The first kappa shape index (κ1) is 6.82. The summed E-state index contributed by atoms with van der Waals surface area (Å²) in [7, 11) is 0. The van der Waals surface area contributed by atoms with E-state index in [-0.39, 0.29) is 18.2 Å². The van der Waals surface area contributed by atoms with E-state index in [0.717, 1.165) is 0 Å². The van der Waals surface area contributed by atoms with Crippen LogP contribution in [0.25, 0.3) is 0 Å². The summed E-state index contributed by atoms with van der Waals surface area (Å²) in [4.78, 5) is 0. The molecule has 1 aromatic rings. The van der Waals surface area contributed by atoms with E-state index in [4.69, 9.17) is 5.73 Å². The molecular weight excluding hydrogens is 142 g/mol. The fourth-order valence-corrected chi connectivity index (χ4v) is 1.48. The molecule has 0 aliphatic heterocycles. The molecule has 1 aliphatic rings. The average Bonchev–Trinajstić information content (AvgIpc) is 2.39. The largest absolute Gasteiger partial charge is 0.391 e. The van der Waals surface area contributed by atoms with Gasteiger partial charge in [0.2, 0.25) is 0 Å². The maximum atomic E-state index is 9.31. The zero-order valence-corrected chi connectivity index (χ0v) is 6.09. The molecule has 3 atom stereocenters. The van der Waals surface area contributed by atoms with Gasteiger partial charge in [0.05, 0.1) is 12.1 Å². The first-order valence-electron chi connectivity index (χ1n) is 3.72. The molecule has 1 aliphatic carbocycles. The van der Waals surface area contributed by atoms with Crippen LogP contribution in [0.4, 0.5) is 0 Å². The van der Waals surface area contributed by atoms with Gasteiger partial charge in [0.25, 0.3) is 0 Å². The quantitative estimate of drug-likeness (QED) is 0.572. The molecule has 1 heterocycles. The van der Waals surface area contributed by atoms with Crippen molar-refractivity contribution in [3.63, 3.8) is 0 Å². The first-order chi connectivity index (χ1) is 5.29. The Morgan fingerprint density at radius 2 is 2.45 bits per heavy atom. The Morgan fingerprint density at radius 3 is 2.91 bits per heavy atom. The minimum atomic E-state index is -0.315. The lowest BCUT2D eigenvalue weighted by Crippen LogP contribution is -2.52. The van der Waals surface area contributed by atoms with Gasteiger partial charge < -0.3 is 10.8 Å². The van der Waals surface area contributed by atoms with Gasteiger partial charge in [0.1, 0.15) is 0 Å². The average molecular weight is 153 g/mol. The Balaban J connectivity index is 2.17. The highest BCUT2D eigenvalue weighted by Gasteiger charge is 2.38. The number of aliphatic hydroxyl groups excluding tert-OH is 1. The topological polar surface area (TPSA) is 64.1 Å². The van der Waals surface area contributed by atoms with Crippen molar-refractivity contribution in [2.24, 2.45) is 5.73 Å². The first-order valence-corrected chi connectivity index (χ1v) is 3.72. The molecule has 2 rings (SSSR count). The van der Waals surface area contributed by atoms with Crippen LogP contribution < -0.4 is 5.73 Å². The maximum absolute atomic E-state index is 9.31. The molecule has 0 unspecified atom stereocenters. The summed E-state index contributed by atoms with van der Waals surface area (Å²) < 4.78 is 1.72.